The van der Waals surface area contributed by atoms with E-state index < -0.39 is 11.7 Å². The van der Waals surface area contributed by atoms with Crippen molar-refractivity contribution < 1.29 is 9.53 Å². The van der Waals surface area contributed by atoms with Crippen LogP contribution in [0, 0.1) is 5.92 Å². The molecule has 1 saturated heterocycles. The largest absolute Gasteiger partial charge is 0.443 e. The van der Waals surface area contributed by atoms with Gasteiger partial charge in [0.25, 0.3) is 0 Å². The van der Waals surface area contributed by atoms with Crippen LogP contribution in [0.5, 0.6) is 0 Å². The average Bonchev–Trinajstić information content (AvgIpc) is 2.53. The summed E-state index contributed by atoms with van der Waals surface area (Å²) >= 11 is 1.97. The Labute approximate surface area is 95.5 Å². The van der Waals surface area contributed by atoms with E-state index in [1.54, 1.807) is 0 Å². The number of hydrazine groups is 1. The topological polar surface area (TPSA) is 50.4 Å². The minimum atomic E-state index is -0.436. The van der Waals surface area contributed by atoms with Gasteiger partial charge in [0, 0.05) is 6.54 Å². The number of rotatable bonds is 3. The molecule has 1 aliphatic heterocycles. The lowest BCUT2D eigenvalue weighted by Crippen LogP contribution is -2.43. The number of ether oxygens (including phenoxy) is 1. The molecule has 1 amide bonds. The summed E-state index contributed by atoms with van der Waals surface area (Å²) in [6.07, 6.45) is 0.821. The van der Waals surface area contributed by atoms with Crippen LogP contribution in [0.4, 0.5) is 4.79 Å². The van der Waals surface area contributed by atoms with E-state index in [4.69, 9.17) is 4.74 Å². The first kappa shape index (κ1) is 12.6. The summed E-state index contributed by atoms with van der Waals surface area (Å²) in [6, 6.07) is 0. The van der Waals surface area contributed by atoms with Crippen molar-refractivity contribution in [2.45, 2.75) is 32.8 Å². The molecular formula is C10H20N2O2S. The number of carbonyl (C=O) groups excluding carboxylic acids is 1. The molecule has 5 heteroatoms. The number of hydrogen-bond donors (Lipinski definition) is 2. The van der Waals surface area contributed by atoms with Crippen molar-refractivity contribution in [3.63, 3.8) is 0 Å². The normalized spacial score (nSPS) is 21.4. The van der Waals surface area contributed by atoms with Gasteiger partial charge in [0.1, 0.15) is 5.60 Å². The number of hydrogen-bond acceptors (Lipinski definition) is 4. The fourth-order valence-corrected chi connectivity index (χ4v) is 2.60. The second kappa shape index (κ2) is 5.61. The van der Waals surface area contributed by atoms with Crippen molar-refractivity contribution in [1.29, 1.82) is 0 Å². The van der Waals surface area contributed by atoms with Gasteiger partial charge in [-0.2, -0.15) is 11.8 Å². The van der Waals surface area contributed by atoms with Crippen LogP contribution in [0.2, 0.25) is 0 Å². The van der Waals surface area contributed by atoms with Gasteiger partial charge in [-0.1, -0.05) is 0 Å². The quantitative estimate of drug-likeness (QED) is 0.728. The molecule has 2 N–H and O–H groups in total. The molecule has 1 fully saturated rings. The van der Waals surface area contributed by atoms with Gasteiger partial charge in [0.05, 0.1) is 0 Å². The monoisotopic (exact) mass is 232 g/mol. The average molecular weight is 232 g/mol. The zero-order valence-corrected chi connectivity index (χ0v) is 10.4. The van der Waals surface area contributed by atoms with Gasteiger partial charge in [-0.25, -0.2) is 10.2 Å². The number of thioether (sulfide) groups is 1. The molecule has 1 heterocycles. The Morgan fingerprint density at radius 3 is 2.80 bits per heavy atom. The van der Waals surface area contributed by atoms with Crippen molar-refractivity contribution in [3.05, 3.63) is 0 Å². The lowest BCUT2D eigenvalue weighted by atomic mass is 10.1. The summed E-state index contributed by atoms with van der Waals surface area (Å²) in [7, 11) is 0. The van der Waals surface area contributed by atoms with Crippen molar-refractivity contribution in [3.8, 4) is 0 Å². The van der Waals surface area contributed by atoms with Gasteiger partial charge in [-0.15, -0.1) is 0 Å². The molecule has 88 valence electrons. The number of amides is 1. The SMILES string of the molecule is CC(C)(C)OC(=O)NNCC1CCSC1. The number of nitrogens with one attached hydrogen (secondary N) is 2. The van der Waals surface area contributed by atoms with E-state index >= 15 is 0 Å². The highest BCUT2D eigenvalue weighted by Crippen LogP contribution is 2.22. The van der Waals surface area contributed by atoms with Gasteiger partial charge >= 0.3 is 6.09 Å². The van der Waals surface area contributed by atoms with E-state index in [9.17, 15) is 4.79 Å². The summed E-state index contributed by atoms with van der Waals surface area (Å²) in [5.74, 6) is 3.09. The minimum Gasteiger partial charge on any atom is -0.443 e. The van der Waals surface area contributed by atoms with Crippen LogP contribution >= 0.6 is 11.8 Å². The second-order valence-electron chi connectivity index (χ2n) is 4.74. The van der Waals surface area contributed by atoms with Gasteiger partial charge in [0.2, 0.25) is 0 Å². The van der Waals surface area contributed by atoms with Crippen LogP contribution in [0.1, 0.15) is 27.2 Å². The van der Waals surface area contributed by atoms with E-state index in [2.05, 4.69) is 10.9 Å². The van der Waals surface area contributed by atoms with E-state index in [1.807, 2.05) is 32.5 Å². The Morgan fingerprint density at radius 1 is 1.53 bits per heavy atom. The van der Waals surface area contributed by atoms with Crippen molar-refractivity contribution in [1.82, 2.24) is 10.9 Å². The predicted octanol–water partition coefficient (Wildman–Crippen LogP) is 1.77. The Kier molecular flexibility index (Phi) is 4.73. The molecule has 4 nitrogen and oxygen atoms in total. The maximum Gasteiger partial charge on any atom is 0.422 e. The Bertz CT molecular complexity index is 210. The van der Waals surface area contributed by atoms with E-state index in [0.29, 0.717) is 5.92 Å². The molecule has 0 aromatic rings. The second-order valence-corrected chi connectivity index (χ2v) is 5.89. The maximum absolute atomic E-state index is 11.2. The Morgan fingerprint density at radius 2 is 2.27 bits per heavy atom. The first-order valence-corrected chi connectivity index (χ1v) is 6.42. The molecule has 0 aliphatic carbocycles. The molecule has 1 atom stereocenters. The minimum absolute atomic E-state index is 0.409. The van der Waals surface area contributed by atoms with Crippen LogP contribution in [0.25, 0.3) is 0 Å². The lowest BCUT2D eigenvalue weighted by molar-refractivity contribution is 0.0496. The molecular weight excluding hydrogens is 212 g/mol. The third-order valence-corrected chi connectivity index (χ3v) is 3.24. The van der Waals surface area contributed by atoms with Crippen LogP contribution in [0.15, 0.2) is 0 Å². The van der Waals surface area contributed by atoms with Crippen LogP contribution in [-0.2, 0) is 4.74 Å². The fourth-order valence-electron chi connectivity index (χ4n) is 1.32. The van der Waals surface area contributed by atoms with Crippen LogP contribution in [-0.4, -0.2) is 29.7 Å². The zero-order chi connectivity index (χ0) is 11.3. The van der Waals surface area contributed by atoms with Crippen LogP contribution < -0.4 is 10.9 Å². The number of carbonyl (C=O) groups is 1. The molecule has 0 bridgehead atoms. The van der Waals surface area contributed by atoms with Gasteiger partial charge in [0.15, 0.2) is 0 Å². The predicted molar refractivity (Wildman–Crippen MR) is 62.8 cm³/mol. The standard InChI is InChI=1S/C10H20N2O2S/c1-10(2,3)14-9(13)12-11-6-8-4-5-15-7-8/h8,11H,4-7H2,1-3H3,(H,12,13). The highest BCUT2D eigenvalue weighted by molar-refractivity contribution is 7.99. The van der Waals surface area contributed by atoms with E-state index in [1.165, 1.54) is 17.9 Å². The maximum atomic E-state index is 11.2. The van der Waals surface area contributed by atoms with Crippen molar-refractivity contribution >= 4 is 17.9 Å². The van der Waals surface area contributed by atoms with E-state index in [-0.39, 0.29) is 0 Å². The summed E-state index contributed by atoms with van der Waals surface area (Å²) in [5.41, 5.74) is 5.02. The summed E-state index contributed by atoms with van der Waals surface area (Å²) < 4.78 is 5.08. The van der Waals surface area contributed by atoms with E-state index in [0.717, 1.165) is 6.54 Å². The summed E-state index contributed by atoms with van der Waals surface area (Å²) in [6.45, 7) is 6.37. The van der Waals surface area contributed by atoms with Crippen molar-refractivity contribution in [2.75, 3.05) is 18.1 Å². The molecule has 0 saturated carbocycles. The fraction of sp³-hybridized carbons (Fsp3) is 0.900. The first-order valence-electron chi connectivity index (χ1n) is 5.27. The van der Waals surface area contributed by atoms with Gasteiger partial charge in [-0.3, -0.25) is 5.43 Å². The van der Waals surface area contributed by atoms with Gasteiger partial charge < -0.3 is 4.74 Å². The lowest BCUT2D eigenvalue weighted by Gasteiger charge is -2.20. The molecule has 0 aromatic carbocycles. The van der Waals surface area contributed by atoms with Crippen LogP contribution in [0.3, 0.4) is 0 Å². The van der Waals surface area contributed by atoms with Crippen molar-refractivity contribution in [2.24, 2.45) is 5.92 Å². The molecule has 1 unspecified atom stereocenters. The third-order valence-electron chi connectivity index (χ3n) is 2.00. The smallest absolute Gasteiger partial charge is 0.422 e. The highest BCUT2D eigenvalue weighted by Gasteiger charge is 2.17. The summed E-state index contributed by atoms with van der Waals surface area (Å²) in [4.78, 5) is 11.2. The first-order chi connectivity index (χ1) is 6.97. The highest BCUT2D eigenvalue weighted by atomic mass is 32.2. The molecule has 1 aliphatic rings. The Balaban J connectivity index is 2.06. The van der Waals surface area contributed by atoms with Gasteiger partial charge in [-0.05, 0) is 44.6 Å². The molecule has 0 radical (unpaired) electrons. The Hall–Kier alpha value is -0.420. The molecule has 1 rings (SSSR count). The molecule has 0 aromatic heterocycles. The third kappa shape index (κ3) is 5.89. The molecule has 15 heavy (non-hydrogen) atoms. The summed E-state index contributed by atoms with van der Waals surface area (Å²) in [5, 5.41) is 0. The zero-order valence-electron chi connectivity index (χ0n) is 9.63. The molecule has 0 spiro atoms.